The first kappa shape index (κ1) is 17.4. The standard InChI is InChI=1S/C18H25N5O2/c1-4-23-17(19-12-20-23)11-22-9-5-6-15(22)18(24)21-14-10-13(2)7-8-16(14)25-3/h7-8,10,12,15H,4-6,9,11H2,1-3H3,(H,21,24)/t15-/m0/s1. The Morgan fingerprint density at radius 1 is 1.44 bits per heavy atom. The lowest BCUT2D eigenvalue weighted by atomic mass is 10.1. The molecule has 1 aromatic heterocycles. The minimum Gasteiger partial charge on any atom is -0.495 e. The Kier molecular flexibility index (Phi) is 5.33. The first-order valence-corrected chi connectivity index (χ1v) is 8.68. The highest BCUT2D eigenvalue weighted by atomic mass is 16.5. The van der Waals surface area contributed by atoms with Gasteiger partial charge in [0.25, 0.3) is 0 Å². The van der Waals surface area contributed by atoms with Crippen molar-refractivity contribution in [1.82, 2.24) is 19.7 Å². The molecule has 2 heterocycles. The molecule has 2 aromatic rings. The van der Waals surface area contributed by atoms with Gasteiger partial charge in [-0.15, -0.1) is 0 Å². The van der Waals surface area contributed by atoms with E-state index in [1.54, 1.807) is 13.4 Å². The van der Waals surface area contributed by atoms with Gasteiger partial charge in [0.2, 0.25) is 5.91 Å². The average molecular weight is 343 g/mol. The third-order valence-electron chi connectivity index (χ3n) is 4.62. The van der Waals surface area contributed by atoms with Crippen LogP contribution in [0.1, 0.15) is 31.2 Å². The normalized spacial score (nSPS) is 17.6. The van der Waals surface area contributed by atoms with Gasteiger partial charge in [0.1, 0.15) is 17.9 Å². The molecule has 1 aromatic carbocycles. The number of hydrogen-bond donors (Lipinski definition) is 1. The summed E-state index contributed by atoms with van der Waals surface area (Å²) in [5.41, 5.74) is 1.80. The van der Waals surface area contributed by atoms with Crippen molar-refractivity contribution < 1.29 is 9.53 Å². The van der Waals surface area contributed by atoms with E-state index < -0.39 is 0 Å². The summed E-state index contributed by atoms with van der Waals surface area (Å²) in [5.74, 6) is 1.58. The van der Waals surface area contributed by atoms with Crippen molar-refractivity contribution in [1.29, 1.82) is 0 Å². The lowest BCUT2D eigenvalue weighted by Crippen LogP contribution is -2.39. The smallest absolute Gasteiger partial charge is 0.241 e. The maximum Gasteiger partial charge on any atom is 0.241 e. The van der Waals surface area contributed by atoms with E-state index in [-0.39, 0.29) is 11.9 Å². The van der Waals surface area contributed by atoms with E-state index in [2.05, 4.69) is 20.3 Å². The van der Waals surface area contributed by atoms with Crippen LogP contribution in [0.15, 0.2) is 24.5 Å². The summed E-state index contributed by atoms with van der Waals surface area (Å²) in [7, 11) is 1.61. The van der Waals surface area contributed by atoms with Gasteiger partial charge in [-0.25, -0.2) is 9.67 Å². The van der Waals surface area contributed by atoms with Gasteiger partial charge in [-0.2, -0.15) is 5.10 Å². The molecule has 0 spiro atoms. The Morgan fingerprint density at radius 3 is 3.04 bits per heavy atom. The van der Waals surface area contributed by atoms with E-state index >= 15 is 0 Å². The quantitative estimate of drug-likeness (QED) is 0.871. The molecular formula is C18H25N5O2. The molecule has 1 N–H and O–H groups in total. The molecule has 1 atom stereocenters. The number of rotatable bonds is 6. The van der Waals surface area contributed by atoms with Crippen molar-refractivity contribution in [2.24, 2.45) is 0 Å². The van der Waals surface area contributed by atoms with Crippen LogP contribution < -0.4 is 10.1 Å². The zero-order chi connectivity index (χ0) is 17.8. The zero-order valence-electron chi connectivity index (χ0n) is 15.0. The number of methoxy groups -OCH3 is 1. The fraction of sp³-hybridized carbons (Fsp3) is 0.500. The Hall–Kier alpha value is -2.41. The van der Waals surface area contributed by atoms with E-state index in [1.165, 1.54) is 0 Å². The molecule has 1 aliphatic heterocycles. The highest BCUT2D eigenvalue weighted by Crippen LogP contribution is 2.27. The second-order valence-electron chi connectivity index (χ2n) is 6.31. The molecular weight excluding hydrogens is 318 g/mol. The number of nitrogens with one attached hydrogen (secondary N) is 1. The summed E-state index contributed by atoms with van der Waals surface area (Å²) in [5, 5.41) is 7.24. The number of aryl methyl sites for hydroxylation is 2. The van der Waals surface area contributed by atoms with Crippen molar-refractivity contribution in [3.05, 3.63) is 35.9 Å². The maximum atomic E-state index is 12.8. The molecule has 0 unspecified atom stereocenters. The van der Waals surface area contributed by atoms with E-state index in [0.29, 0.717) is 12.3 Å². The molecule has 1 saturated heterocycles. The number of hydrogen-bond acceptors (Lipinski definition) is 5. The number of carbonyl (C=O) groups is 1. The van der Waals surface area contributed by atoms with Gasteiger partial charge in [-0.3, -0.25) is 9.69 Å². The number of benzene rings is 1. The Bertz CT molecular complexity index is 743. The molecule has 134 valence electrons. The minimum absolute atomic E-state index is 0.00367. The monoisotopic (exact) mass is 343 g/mol. The highest BCUT2D eigenvalue weighted by molar-refractivity contribution is 5.96. The fourth-order valence-corrected chi connectivity index (χ4v) is 3.30. The van der Waals surface area contributed by atoms with Crippen LogP contribution in [0.4, 0.5) is 5.69 Å². The van der Waals surface area contributed by atoms with Crippen LogP contribution >= 0.6 is 0 Å². The van der Waals surface area contributed by atoms with Crippen LogP contribution in [0, 0.1) is 6.92 Å². The number of anilines is 1. The number of amides is 1. The molecule has 0 aliphatic carbocycles. The molecule has 1 aliphatic rings. The Balaban J connectivity index is 1.72. The maximum absolute atomic E-state index is 12.8. The first-order chi connectivity index (χ1) is 12.1. The van der Waals surface area contributed by atoms with Crippen LogP contribution in [0.5, 0.6) is 5.75 Å². The predicted octanol–water partition coefficient (Wildman–Crippen LogP) is 2.22. The van der Waals surface area contributed by atoms with Gasteiger partial charge in [0, 0.05) is 6.54 Å². The number of carbonyl (C=O) groups excluding carboxylic acids is 1. The Labute approximate surface area is 148 Å². The summed E-state index contributed by atoms with van der Waals surface area (Å²) >= 11 is 0. The predicted molar refractivity (Wildman–Crippen MR) is 95.5 cm³/mol. The lowest BCUT2D eigenvalue weighted by Gasteiger charge is -2.23. The third kappa shape index (κ3) is 3.82. The van der Waals surface area contributed by atoms with Crippen molar-refractivity contribution in [2.45, 2.75) is 45.8 Å². The summed E-state index contributed by atoms with van der Waals surface area (Å²) < 4.78 is 7.23. The van der Waals surface area contributed by atoms with Crippen LogP contribution in [0.25, 0.3) is 0 Å². The molecule has 7 heteroatoms. The van der Waals surface area contributed by atoms with Gasteiger partial charge in [0.05, 0.1) is 25.4 Å². The summed E-state index contributed by atoms with van der Waals surface area (Å²) in [6.45, 7) is 6.34. The highest BCUT2D eigenvalue weighted by Gasteiger charge is 2.32. The van der Waals surface area contributed by atoms with Gasteiger partial charge in [-0.1, -0.05) is 6.07 Å². The molecule has 25 heavy (non-hydrogen) atoms. The van der Waals surface area contributed by atoms with Crippen LogP contribution in [0.3, 0.4) is 0 Å². The van der Waals surface area contributed by atoms with Gasteiger partial charge < -0.3 is 10.1 Å². The van der Waals surface area contributed by atoms with Crippen LogP contribution in [0.2, 0.25) is 0 Å². The minimum atomic E-state index is -0.160. The molecule has 1 fully saturated rings. The third-order valence-corrected chi connectivity index (χ3v) is 4.62. The topological polar surface area (TPSA) is 72.3 Å². The number of aromatic nitrogens is 3. The number of ether oxygens (including phenoxy) is 1. The molecule has 7 nitrogen and oxygen atoms in total. The fourth-order valence-electron chi connectivity index (χ4n) is 3.30. The largest absolute Gasteiger partial charge is 0.495 e. The second-order valence-corrected chi connectivity index (χ2v) is 6.31. The summed E-state index contributed by atoms with van der Waals surface area (Å²) in [6, 6.07) is 5.62. The van der Waals surface area contributed by atoms with Gasteiger partial charge in [-0.05, 0) is 50.9 Å². The van der Waals surface area contributed by atoms with E-state index in [9.17, 15) is 4.79 Å². The second kappa shape index (κ2) is 7.65. The molecule has 3 rings (SSSR count). The van der Waals surface area contributed by atoms with Crippen molar-refractivity contribution >= 4 is 11.6 Å². The SMILES string of the molecule is CCn1ncnc1CN1CCC[C@H]1C(=O)Nc1cc(C)ccc1OC. The molecule has 1 amide bonds. The molecule has 0 bridgehead atoms. The number of nitrogens with zero attached hydrogens (tertiary/aromatic N) is 4. The van der Waals surface area contributed by atoms with Crippen LogP contribution in [-0.2, 0) is 17.9 Å². The van der Waals surface area contributed by atoms with E-state index in [0.717, 1.165) is 43.0 Å². The summed E-state index contributed by atoms with van der Waals surface area (Å²) in [4.78, 5) is 19.3. The van der Waals surface area contributed by atoms with Crippen molar-refractivity contribution in [2.75, 3.05) is 19.0 Å². The van der Waals surface area contributed by atoms with Crippen molar-refractivity contribution in [3.63, 3.8) is 0 Å². The van der Waals surface area contributed by atoms with E-state index in [4.69, 9.17) is 4.74 Å². The zero-order valence-corrected chi connectivity index (χ0v) is 15.0. The van der Waals surface area contributed by atoms with Crippen LogP contribution in [-0.4, -0.2) is 45.3 Å². The molecule has 0 radical (unpaired) electrons. The Morgan fingerprint density at radius 2 is 2.28 bits per heavy atom. The van der Waals surface area contributed by atoms with E-state index in [1.807, 2.05) is 36.7 Å². The lowest BCUT2D eigenvalue weighted by molar-refractivity contribution is -0.120. The van der Waals surface area contributed by atoms with Gasteiger partial charge in [0.15, 0.2) is 0 Å². The van der Waals surface area contributed by atoms with Crippen molar-refractivity contribution in [3.8, 4) is 5.75 Å². The number of likely N-dealkylation sites (tertiary alicyclic amines) is 1. The first-order valence-electron chi connectivity index (χ1n) is 8.68. The average Bonchev–Trinajstić information content (AvgIpc) is 3.24. The van der Waals surface area contributed by atoms with Gasteiger partial charge >= 0.3 is 0 Å². The molecule has 0 saturated carbocycles. The summed E-state index contributed by atoms with van der Waals surface area (Å²) in [6.07, 6.45) is 3.42.